The molecule has 0 aliphatic heterocycles. The molecule has 21 heavy (non-hydrogen) atoms. The molecule has 0 atom stereocenters. The van der Waals surface area contributed by atoms with Crippen LogP contribution in [-0.4, -0.2) is 16.5 Å². The molecule has 0 saturated carbocycles. The third-order valence-corrected chi connectivity index (χ3v) is 3.10. The molecular weight excluding hydrogens is 309 g/mol. The van der Waals surface area contributed by atoms with Gasteiger partial charge < -0.3 is 4.84 Å². The Balaban J connectivity index is 3.12. The predicted molar refractivity (Wildman–Crippen MR) is 86.4 cm³/mol. The summed E-state index contributed by atoms with van der Waals surface area (Å²) in [4.78, 5) is 18.0. The van der Waals surface area contributed by atoms with Gasteiger partial charge in [-0.1, -0.05) is 36.0 Å². The standard InChI is InChI=1S/C16H19Cl2NO2/c1-5-7-15(20)19(16(3,4)8-6-2)21-14-10-12(17)9-13(18)11-14/h9-11H,5,7H2,1-4H3. The lowest BCUT2D eigenvalue weighted by molar-refractivity contribution is -0.170. The van der Waals surface area contributed by atoms with Crippen molar-refractivity contribution in [2.45, 2.75) is 46.1 Å². The van der Waals surface area contributed by atoms with Crippen molar-refractivity contribution in [3.8, 4) is 17.6 Å². The van der Waals surface area contributed by atoms with Gasteiger partial charge in [-0.3, -0.25) is 4.79 Å². The number of rotatable bonds is 5. The van der Waals surface area contributed by atoms with Crippen molar-refractivity contribution in [3.63, 3.8) is 0 Å². The molecule has 3 nitrogen and oxygen atoms in total. The monoisotopic (exact) mass is 327 g/mol. The number of carbonyl (C=O) groups is 1. The Morgan fingerprint density at radius 2 is 1.86 bits per heavy atom. The van der Waals surface area contributed by atoms with Crippen LogP contribution in [0.25, 0.3) is 0 Å². The SMILES string of the molecule is CC#CC(C)(C)N(Oc1cc(Cl)cc(Cl)c1)C(=O)CCC. The highest BCUT2D eigenvalue weighted by molar-refractivity contribution is 6.34. The van der Waals surface area contributed by atoms with E-state index >= 15 is 0 Å². The van der Waals surface area contributed by atoms with Crippen molar-refractivity contribution < 1.29 is 9.63 Å². The van der Waals surface area contributed by atoms with E-state index in [9.17, 15) is 4.79 Å². The van der Waals surface area contributed by atoms with Gasteiger partial charge in [-0.25, -0.2) is 0 Å². The normalized spacial score (nSPS) is 10.6. The molecule has 0 aromatic heterocycles. The maximum Gasteiger partial charge on any atom is 0.256 e. The molecule has 0 radical (unpaired) electrons. The minimum atomic E-state index is -0.754. The van der Waals surface area contributed by atoms with E-state index in [0.717, 1.165) is 6.42 Å². The lowest BCUT2D eigenvalue weighted by Gasteiger charge is -2.33. The van der Waals surface area contributed by atoms with Crippen molar-refractivity contribution in [1.82, 2.24) is 5.06 Å². The summed E-state index contributed by atoms with van der Waals surface area (Å²) in [6.45, 7) is 7.30. The minimum Gasteiger partial charge on any atom is -0.375 e. The van der Waals surface area contributed by atoms with E-state index in [2.05, 4.69) is 11.8 Å². The molecular formula is C16H19Cl2NO2. The molecule has 0 spiro atoms. The van der Waals surface area contributed by atoms with Gasteiger partial charge in [-0.2, -0.15) is 5.06 Å². The van der Waals surface area contributed by atoms with Gasteiger partial charge in [0.05, 0.1) is 0 Å². The topological polar surface area (TPSA) is 29.5 Å². The summed E-state index contributed by atoms with van der Waals surface area (Å²) in [5.74, 6) is 6.06. The average molecular weight is 328 g/mol. The minimum absolute atomic E-state index is 0.138. The van der Waals surface area contributed by atoms with Gasteiger partial charge in [-0.05, 0) is 33.3 Å². The first-order valence-electron chi connectivity index (χ1n) is 6.71. The Bertz CT molecular complexity index is 553. The fourth-order valence-corrected chi connectivity index (χ4v) is 2.34. The molecule has 0 N–H and O–H groups in total. The predicted octanol–water partition coefficient (Wildman–Crippen LogP) is 4.72. The number of benzene rings is 1. The third kappa shape index (κ3) is 5.15. The molecule has 0 bridgehead atoms. The number of hydrogen-bond acceptors (Lipinski definition) is 2. The summed E-state index contributed by atoms with van der Waals surface area (Å²) < 4.78 is 0. The second-order valence-corrected chi connectivity index (χ2v) is 5.94. The molecule has 0 saturated heterocycles. The van der Waals surface area contributed by atoms with E-state index in [4.69, 9.17) is 28.0 Å². The van der Waals surface area contributed by atoms with Crippen LogP contribution in [-0.2, 0) is 4.79 Å². The lowest BCUT2D eigenvalue weighted by Crippen LogP contribution is -2.49. The van der Waals surface area contributed by atoms with Crippen LogP contribution >= 0.6 is 23.2 Å². The average Bonchev–Trinajstić information content (AvgIpc) is 2.34. The zero-order chi connectivity index (χ0) is 16.0. The van der Waals surface area contributed by atoms with Crippen LogP contribution < -0.4 is 4.84 Å². The second kappa shape index (κ2) is 7.59. The van der Waals surface area contributed by atoms with Crippen LogP contribution in [0.3, 0.4) is 0 Å². The summed E-state index contributed by atoms with van der Waals surface area (Å²) in [6, 6.07) is 4.81. The van der Waals surface area contributed by atoms with Crippen LogP contribution in [0.1, 0.15) is 40.5 Å². The summed E-state index contributed by atoms with van der Waals surface area (Å²) >= 11 is 11.9. The van der Waals surface area contributed by atoms with Crippen LogP contribution in [0.15, 0.2) is 18.2 Å². The smallest absolute Gasteiger partial charge is 0.256 e. The number of halogens is 2. The molecule has 1 rings (SSSR count). The highest BCUT2D eigenvalue weighted by Crippen LogP contribution is 2.27. The summed E-state index contributed by atoms with van der Waals surface area (Å²) in [5, 5.41) is 2.18. The van der Waals surface area contributed by atoms with Crippen molar-refractivity contribution >= 4 is 29.1 Å². The van der Waals surface area contributed by atoms with Gasteiger partial charge in [-0.15, -0.1) is 5.92 Å². The van der Waals surface area contributed by atoms with Gasteiger partial charge >= 0.3 is 0 Å². The number of nitrogens with zero attached hydrogens (tertiary/aromatic N) is 1. The third-order valence-electron chi connectivity index (χ3n) is 2.66. The number of hydrogen-bond donors (Lipinski definition) is 0. The first-order valence-corrected chi connectivity index (χ1v) is 7.46. The molecule has 0 unspecified atom stereocenters. The Morgan fingerprint density at radius 3 is 2.33 bits per heavy atom. The molecule has 114 valence electrons. The van der Waals surface area contributed by atoms with E-state index in [1.165, 1.54) is 5.06 Å². The highest BCUT2D eigenvalue weighted by atomic mass is 35.5. The first-order chi connectivity index (χ1) is 9.80. The molecule has 0 heterocycles. The Labute approximate surface area is 136 Å². The fourth-order valence-electron chi connectivity index (χ4n) is 1.84. The molecule has 5 heteroatoms. The van der Waals surface area contributed by atoms with Crippen LogP contribution in [0.4, 0.5) is 0 Å². The van der Waals surface area contributed by atoms with Crippen LogP contribution in [0.2, 0.25) is 10.0 Å². The van der Waals surface area contributed by atoms with E-state index < -0.39 is 5.54 Å². The van der Waals surface area contributed by atoms with Crippen molar-refractivity contribution in [2.24, 2.45) is 0 Å². The van der Waals surface area contributed by atoms with E-state index in [0.29, 0.717) is 22.2 Å². The van der Waals surface area contributed by atoms with Gasteiger partial charge in [0, 0.05) is 28.6 Å². The van der Waals surface area contributed by atoms with E-state index in [-0.39, 0.29) is 5.91 Å². The van der Waals surface area contributed by atoms with Crippen molar-refractivity contribution in [1.29, 1.82) is 0 Å². The van der Waals surface area contributed by atoms with Gasteiger partial charge in [0.25, 0.3) is 5.91 Å². The second-order valence-electron chi connectivity index (χ2n) is 5.07. The molecule has 1 aromatic rings. The van der Waals surface area contributed by atoms with Gasteiger partial charge in [0.2, 0.25) is 0 Å². The highest BCUT2D eigenvalue weighted by Gasteiger charge is 2.31. The molecule has 1 amide bonds. The van der Waals surface area contributed by atoms with Gasteiger partial charge in [0.15, 0.2) is 5.75 Å². The molecule has 0 aliphatic carbocycles. The Morgan fingerprint density at radius 1 is 1.29 bits per heavy atom. The number of amides is 1. The Kier molecular flexibility index (Phi) is 6.39. The quantitative estimate of drug-likeness (QED) is 0.578. The number of hydroxylamine groups is 2. The maximum absolute atomic E-state index is 12.3. The summed E-state index contributed by atoms with van der Waals surface area (Å²) in [7, 11) is 0. The fraction of sp³-hybridized carbons (Fsp3) is 0.438. The van der Waals surface area contributed by atoms with E-state index in [1.54, 1.807) is 25.1 Å². The maximum atomic E-state index is 12.3. The Hall–Kier alpha value is -1.37. The largest absolute Gasteiger partial charge is 0.375 e. The number of carbonyl (C=O) groups excluding carboxylic acids is 1. The van der Waals surface area contributed by atoms with Gasteiger partial charge in [0.1, 0.15) is 5.54 Å². The summed E-state index contributed by atoms with van der Waals surface area (Å²) in [6.07, 6.45) is 1.10. The molecule has 0 aliphatic rings. The van der Waals surface area contributed by atoms with Crippen LogP contribution in [0, 0.1) is 11.8 Å². The van der Waals surface area contributed by atoms with Crippen LogP contribution in [0.5, 0.6) is 5.75 Å². The van der Waals surface area contributed by atoms with E-state index in [1.807, 2.05) is 20.8 Å². The molecule has 0 fully saturated rings. The molecule has 1 aromatic carbocycles. The lowest BCUT2D eigenvalue weighted by atomic mass is 10.1. The van der Waals surface area contributed by atoms with Crippen molar-refractivity contribution in [2.75, 3.05) is 0 Å². The summed E-state index contributed by atoms with van der Waals surface area (Å²) in [5.41, 5.74) is -0.754. The van der Waals surface area contributed by atoms with Crippen molar-refractivity contribution in [3.05, 3.63) is 28.2 Å². The zero-order valence-corrected chi connectivity index (χ0v) is 14.2. The zero-order valence-electron chi connectivity index (χ0n) is 12.7. The first kappa shape index (κ1) is 17.7.